The minimum atomic E-state index is 0.301. The van der Waals surface area contributed by atoms with Gasteiger partial charge in [0.05, 0.1) is 11.0 Å². The van der Waals surface area contributed by atoms with Crippen molar-refractivity contribution in [2.45, 2.75) is 89.8 Å². The fourth-order valence-electron chi connectivity index (χ4n) is 5.04. The van der Waals surface area contributed by atoms with Crippen LogP contribution < -0.4 is 0 Å². The van der Waals surface area contributed by atoms with Gasteiger partial charge in [0, 0.05) is 12.1 Å². The lowest BCUT2D eigenvalue weighted by Crippen LogP contribution is -2.50. The Balaban J connectivity index is 1.59. The van der Waals surface area contributed by atoms with Gasteiger partial charge in [-0.1, -0.05) is 50.7 Å². The van der Waals surface area contributed by atoms with E-state index in [0.29, 0.717) is 24.5 Å². The quantitative estimate of drug-likeness (QED) is 0.789. The van der Waals surface area contributed by atoms with Crippen molar-refractivity contribution >= 4 is 16.9 Å². The molecule has 2 saturated carbocycles. The molecule has 4 heteroatoms. The van der Waals surface area contributed by atoms with Gasteiger partial charge in [-0.3, -0.25) is 4.79 Å². The predicted octanol–water partition coefficient (Wildman–Crippen LogP) is 4.84. The second-order valence-electron chi connectivity index (χ2n) is 8.12. The molecule has 0 atom stereocenters. The zero-order valence-corrected chi connectivity index (χ0v) is 16.0. The van der Waals surface area contributed by atoms with Crippen LogP contribution in [0.1, 0.15) is 70.0 Å². The van der Waals surface area contributed by atoms with Crippen LogP contribution in [-0.2, 0) is 11.3 Å². The number of fused-ring (bicyclic) bond motifs is 1. The summed E-state index contributed by atoms with van der Waals surface area (Å²) in [7, 11) is 0. The van der Waals surface area contributed by atoms with E-state index in [2.05, 4.69) is 20.5 Å². The summed E-state index contributed by atoms with van der Waals surface area (Å²) in [4.78, 5) is 20.4. The van der Waals surface area contributed by atoms with E-state index >= 15 is 0 Å². The Kier molecular flexibility index (Phi) is 5.28. The van der Waals surface area contributed by atoms with Gasteiger partial charge in [0.25, 0.3) is 0 Å². The first-order chi connectivity index (χ1) is 12.7. The number of amides is 1. The van der Waals surface area contributed by atoms with E-state index in [9.17, 15) is 4.79 Å². The normalized spacial score (nSPS) is 19.7. The highest BCUT2D eigenvalue weighted by Gasteiger charge is 2.32. The summed E-state index contributed by atoms with van der Waals surface area (Å²) in [6.07, 6.45) is 12.5. The molecule has 2 aromatic rings. The zero-order chi connectivity index (χ0) is 17.9. The van der Waals surface area contributed by atoms with Gasteiger partial charge in [-0.15, -0.1) is 0 Å². The molecular formula is C22H31N3O. The number of para-hydroxylation sites is 2. The Labute approximate surface area is 156 Å². The van der Waals surface area contributed by atoms with Crippen LogP contribution in [0.5, 0.6) is 0 Å². The fourth-order valence-corrected chi connectivity index (χ4v) is 5.04. The zero-order valence-electron chi connectivity index (χ0n) is 16.0. The number of aryl methyl sites for hydroxylation is 1. The van der Waals surface area contributed by atoms with E-state index in [1.54, 1.807) is 0 Å². The van der Waals surface area contributed by atoms with E-state index in [-0.39, 0.29) is 0 Å². The van der Waals surface area contributed by atoms with Gasteiger partial charge in [0.1, 0.15) is 12.4 Å². The molecule has 1 heterocycles. The molecule has 4 nitrogen and oxygen atoms in total. The topological polar surface area (TPSA) is 38.1 Å². The van der Waals surface area contributed by atoms with Gasteiger partial charge in [-0.25, -0.2) is 4.98 Å². The van der Waals surface area contributed by atoms with Crippen molar-refractivity contribution in [2.75, 3.05) is 0 Å². The Morgan fingerprint density at radius 2 is 1.58 bits per heavy atom. The number of benzene rings is 1. The number of nitrogens with zero attached hydrogens (tertiary/aromatic N) is 3. The van der Waals surface area contributed by atoms with Crippen molar-refractivity contribution in [3.63, 3.8) is 0 Å². The molecule has 0 saturated heterocycles. The molecule has 140 valence electrons. The van der Waals surface area contributed by atoms with E-state index < -0.39 is 0 Å². The molecule has 2 fully saturated rings. The number of aromatic nitrogens is 2. The van der Waals surface area contributed by atoms with E-state index in [1.165, 1.54) is 64.2 Å². The summed E-state index contributed by atoms with van der Waals surface area (Å²) in [5, 5.41) is 0. The smallest absolute Gasteiger partial charge is 0.243 e. The Morgan fingerprint density at radius 3 is 2.19 bits per heavy atom. The van der Waals surface area contributed by atoms with Gasteiger partial charge in [0.15, 0.2) is 0 Å². The Hall–Kier alpha value is -1.84. The number of rotatable bonds is 4. The predicted molar refractivity (Wildman–Crippen MR) is 105 cm³/mol. The van der Waals surface area contributed by atoms with Gasteiger partial charge >= 0.3 is 0 Å². The third-order valence-electron chi connectivity index (χ3n) is 6.36. The second kappa shape index (κ2) is 7.81. The molecule has 2 aliphatic carbocycles. The van der Waals surface area contributed by atoms with Crippen LogP contribution >= 0.6 is 0 Å². The lowest BCUT2D eigenvalue weighted by molar-refractivity contribution is -0.138. The Morgan fingerprint density at radius 1 is 1.00 bits per heavy atom. The molecule has 4 rings (SSSR count). The molecule has 1 amide bonds. The molecule has 0 radical (unpaired) electrons. The van der Waals surface area contributed by atoms with Crippen LogP contribution in [0.4, 0.5) is 0 Å². The van der Waals surface area contributed by atoms with Crippen LogP contribution in [0.25, 0.3) is 11.0 Å². The summed E-state index contributed by atoms with van der Waals surface area (Å²) in [5.41, 5.74) is 2.06. The maximum atomic E-state index is 13.5. The highest BCUT2D eigenvalue weighted by atomic mass is 16.2. The van der Waals surface area contributed by atoms with Crippen LogP contribution in [-0.4, -0.2) is 32.4 Å². The molecule has 0 unspecified atom stereocenters. The first kappa shape index (κ1) is 17.6. The summed E-state index contributed by atoms with van der Waals surface area (Å²) in [5.74, 6) is 1.24. The third-order valence-corrected chi connectivity index (χ3v) is 6.36. The van der Waals surface area contributed by atoms with E-state index in [1.807, 2.05) is 25.1 Å². The molecular weight excluding hydrogens is 322 g/mol. The van der Waals surface area contributed by atoms with Crippen LogP contribution in [0, 0.1) is 6.92 Å². The van der Waals surface area contributed by atoms with Crippen LogP contribution in [0.15, 0.2) is 24.3 Å². The van der Waals surface area contributed by atoms with Crippen LogP contribution in [0.2, 0.25) is 0 Å². The van der Waals surface area contributed by atoms with E-state index in [4.69, 9.17) is 0 Å². The SMILES string of the molecule is Cc1nc2ccccc2n1CC(=O)N(C1CCCCC1)C1CCCCC1. The Bertz CT molecular complexity index is 736. The van der Waals surface area contributed by atoms with Gasteiger partial charge < -0.3 is 9.47 Å². The second-order valence-corrected chi connectivity index (χ2v) is 8.12. The van der Waals surface area contributed by atoms with Crippen LogP contribution in [0.3, 0.4) is 0 Å². The molecule has 0 spiro atoms. The molecule has 1 aromatic heterocycles. The number of hydrogen-bond donors (Lipinski definition) is 0. The molecule has 0 N–H and O–H groups in total. The monoisotopic (exact) mass is 353 g/mol. The first-order valence-corrected chi connectivity index (χ1v) is 10.5. The van der Waals surface area contributed by atoms with Gasteiger partial charge in [-0.05, 0) is 44.7 Å². The summed E-state index contributed by atoms with van der Waals surface area (Å²) in [6.45, 7) is 2.44. The number of imidazole rings is 1. The fraction of sp³-hybridized carbons (Fsp3) is 0.636. The summed E-state index contributed by atoms with van der Waals surface area (Å²) >= 11 is 0. The minimum Gasteiger partial charge on any atom is -0.335 e. The highest BCUT2D eigenvalue weighted by molar-refractivity contribution is 5.81. The summed E-state index contributed by atoms with van der Waals surface area (Å²) < 4.78 is 2.11. The highest BCUT2D eigenvalue weighted by Crippen LogP contribution is 2.31. The molecule has 2 aliphatic rings. The lowest BCUT2D eigenvalue weighted by Gasteiger charge is -2.42. The maximum absolute atomic E-state index is 13.5. The number of carbonyl (C=O) groups excluding carboxylic acids is 1. The molecule has 26 heavy (non-hydrogen) atoms. The largest absolute Gasteiger partial charge is 0.335 e. The first-order valence-electron chi connectivity index (χ1n) is 10.5. The third kappa shape index (κ3) is 3.51. The number of hydrogen-bond acceptors (Lipinski definition) is 2. The van der Waals surface area contributed by atoms with E-state index in [0.717, 1.165) is 16.9 Å². The van der Waals surface area contributed by atoms with Gasteiger partial charge in [-0.2, -0.15) is 0 Å². The van der Waals surface area contributed by atoms with Crippen molar-refractivity contribution in [3.05, 3.63) is 30.1 Å². The molecule has 1 aromatic carbocycles. The standard InChI is InChI=1S/C22H31N3O/c1-17-23-20-14-8-9-15-21(20)24(17)16-22(26)25(18-10-4-2-5-11-18)19-12-6-3-7-13-19/h8-9,14-15,18-19H,2-7,10-13,16H2,1H3. The maximum Gasteiger partial charge on any atom is 0.243 e. The van der Waals surface area contributed by atoms with Crippen molar-refractivity contribution in [3.8, 4) is 0 Å². The average Bonchev–Trinajstić information content (AvgIpc) is 2.99. The molecule has 0 bridgehead atoms. The minimum absolute atomic E-state index is 0.301. The van der Waals surface area contributed by atoms with Crippen molar-refractivity contribution in [1.29, 1.82) is 0 Å². The molecule has 0 aliphatic heterocycles. The van der Waals surface area contributed by atoms with Gasteiger partial charge in [0.2, 0.25) is 5.91 Å². The summed E-state index contributed by atoms with van der Waals surface area (Å²) in [6, 6.07) is 9.06. The number of carbonyl (C=O) groups is 1. The van der Waals surface area contributed by atoms with Crippen molar-refractivity contribution in [2.24, 2.45) is 0 Å². The van der Waals surface area contributed by atoms with Crippen molar-refractivity contribution < 1.29 is 4.79 Å². The lowest BCUT2D eigenvalue weighted by atomic mass is 9.88. The van der Waals surface area contributed by atoms with Crippen molar-refractivity contribution in [1.82, 2.24) is 14.5 Å². The average molecular weight is 354 g/mol.